The van der Waals surface area contributed by atoms with Gasteiger partial charge in [0.15, 0.2) is 0 Å². The lowest BCUT2D eigenvalue weighted by Crippen LogP contribution is -2.36. The summed E-state index contributed by atoms with van der Waals surface area (Å²) in [4.78, 5) is 11.7. The molecule has 0 aromatic heterocycles. The van der Waals surface area contributed by atoms with Crippen LogP contribution in [0.15, 0.2) is 18.2 Å². The van der Waals surface area contributed by atoms with Crippen molar-refractivity contribution in [1.29, 1.82) is 0 Å². The summed E-state index contributed by atoms with van der Waals surface area (Å²) < 4.78 is 5.15. The fraction of sp³-hybridized carbons (Fsp3) is 0.533. The number of nitrogens with one attached hydrogen (secondary N) is 2. The topological polar surface area (TPSA) is 50.4 Å². The Hall–Kier alpha value is -1.71. The lowest BCUT2D eigenvalue weighted by molar-refractivity contribution is -0.120. The molecular weight excluding hydrogens is 240 g/mol. The van der Waals surface area contributed by atoms with Gasteiger partial charge in [0.05, 0.1) is 13.7 Å². The van der Waals surface area contributed by atoms with Gasteiger partial charge in [-0.05, 0) is 44.0 Å². The van der Waals surface area contributed by atoms with Gasteiger partial charge in [0.25, 0.3) is 0 Å². The molecule has 1 aromatic carbocycles. The zero-order valence-corrected chi connectivity index (χ0v) is 12.2. The molecule has 0 spiro atoms. The first kappa shape index (κ1) is 15.3. The van der Waals surface area contributed by atoms with Gasteiger partial charge in [-0.3, -0.25) is 4.79 Å². The Morgan fingerprint density at radius 1 is 1.42 bits per heavy atom. The number of carbonyl (C=O) groups excluding carboxylic acids is 1. The maximum atomic E-state index is 11.7. The minimum absolute atomic E-state index is 0.0242. The van der Waals surface area contributed by atoms with E-state index < -0.39 is 0 Å². The lowest BCUT2D eigenvalue weighted by atomic mass is 10.2. The van der Waals surface area contributed by atoms with Gasteiger partial charge < -0.3 is 15.4 Å². The predicted molar refractivity (Wildman–Crippen MR) is 78.7 cm³/mol. The van der Waals surface area contributed by atoms with E-state index in [4.69, 9.17) is 4.74 Å². The number of methoxy groups -OCH3 is 1. The Morgan fingerprint density at radius 2 is 2.16 bits per heavy atom. The molecule has 0 aliphatic rings. The van der Waals surface area contributed by atoms with Crippen LogP contribution in [0.3, 0.4) is 0 Å². The summed E-state index contributed by atoms with van der Waals surface area (Å²) in [6.45, 7) is 6.42. The molecule has 0 radical (unpaired) electrons. The third-order valence-corrected chi connectivity index (χ3v) is 3.00. The van der Waals surface area contributed by atoms with Gasteiger partial charge >= 0.3 is 0 Å². The molecule has 0 aliphatic heterocycles. The van der Waals surface area contributed by atoms with E-state index in [1.165, 1.54) is 0 Å². The molecule has 0 saturated heterocycles. The Labute approximate surface area is 115 Å². The highest BCUT2D eigenvalue weighted by Gasteiger charge is 2.07. The largest absolute Gasteiger partial charge is 0.497 e. The Morgan fingerprint density at radius 3 is 2.74 bits per heavy atom. The Bertz CT molecular complexity index is 419. The molecule has 106 valence electrons. The van der Waals surface area contributed by atoms with Crippen molar-refractivity contribution >= 4 is 11.6 Å². The smallest absolute Gasteiger partial charge is 0.239 e. The Kier molecular flexibility index (Phi) is 6.19. The molecule has 0 bridgehead atoms. The molecule has 1 atom stereocenters. The van der Waals surface area contributed by atoms with E-state index in [0.717, 1.165) is 29.8 Å². The molecule has 0 saturated carbocycles. The first-order chi connectivity index (χ1) is 9.06. The number of carbonyl (C=O) groups is 1. The van der Waals surface area contributed by atoms with Crippen molar-refractivity contribution in [2.24, 2.45) is 0 Å². The molecule has 4 heteroatoms. The second-order valence-corrected chi connectivity index (χ2v) is 4.79. The second-order valence-electron chi connectivity index (χ2n) is 4.79. The molecule has 19 heavy (non-hydrogen) atoms. The van der Waals surface area contributed by atoms with E-state index in [9.17, 15) is 4.79 Å². The zero-order valence-electron chi connectivity index (χ0n) is 12.2. The number of amides is 1. The van der Waals surface area contributed by atoms with Crippen LogP contribution in [0.5, 0.6) is 5.75 Å². The summed E-state index contributed by atoms with van der Waals surface area (Å²) >= 11 is 0. The van der Waals surface area contributed by atoms with Gasteiger partial charge in [0, 0.05) is 11.7 Å². The third-order valence-electron chi connectivity index (χ3n) is 3.00. The maximum absolute atomic E-state index is 11.7. The molecule has 1 amide bonds. The van der Waals surface area contributed by atoms with Crippen molar-refractivity contribution in [3.63, 3.8) is 0 Å². The van der Waals surface area contributed by atoms with Crippen molar-refractivity contribution in [1.82, 2.24) is 5.32 Å². The minimum atomic E-state index is 0.0242. The van der Waals surface area contributed by atoms with E-state index in [1.807, 2.05) is 32.0 Å². The van der Waals surface area contributed by atoms with E-state index >= 15 is 0 Å². The van der Waals surface area contributed by atoms with Gasteiger partial charge in [-0.1, -0.05) is 13.3 Å². The summed E-state index contributed by atoms with van der Waals surface area (Å²) in [5.74, 6) is 0.847. The van der Waals surface area contributed by atoms with Crippen molar-refractivity contribution in [2.75, 3.05) is 19.0 Å². The number of hydrogen-bond donors (Lipinski definition) is 2. The average molecular weight is 264 g/mol. The number of aryl methyl sites for hydroxylation is 1. The first-order valence-electron chi connectivity index (χ1n) is 6.74. The zero-order chi connectivity index (χ0) is 14.3. The minimum Gasteiger partial charge on any atom is -0.497 e. The highest BCUT2D eigenvalue weighted by atomic mass is 16.5. The molecule has 0 heterocycles. The molecule has 1 aromatic rings. The molecule has 0 fully saturated rings. The number of anilines is 1. The highest BCUT2D eigenvalue weighted by Crippen LogP contribution is 2.20. The monoisotopic (exact) mass is 264 g/mol. The number of hydrogen-bond acceptors (Lipinski definition) is 3. The predicted octanol–water partition coefficient (Wildman–Crippen LogP) is 2.72. The molecule has 0 aliphatic carbocycles. The van der Waals surface area contributed by atoms with Crippen molar-refractivity contribution in [3.8, 4) is 5.75 Å². The van der Waals surface area contributed by atoms with Crippen molar-refractivity contribution < 1.29 is 9.53 Å². The summed E-state index contributed by atoms with van der Waals surface area (Å²) in [6, 6.07) is 5.99. The van der Waals surface area contributed by atoms with Crippen LogP contribution in [0.4, 0.5) is 5.69 Å². The van der Waals surface area contributed by atoms with Crippen LogP contribution in [-0.4, -0.2) is 25.6 Å². The number of ether oxygens (including phenoxy) is 1. The van der Waals surface area contributed by atoms with E-state index in [-0.39, 0.29) is 11.9 Å². The van der Waals surface area contributed by atoms with E-state index in [0.29, 0.717) is 6.54 Å². The summed E-state index contributed by atoms with van der Waals surface area (Å²) in [5, 5.41) is 6.11. The number of rotatable bonds is 7. The summed E-state index contributed by atoms with van der Waals surface area (Å²) in [6.07, 6.45) is 2.08. The summed E-state index contributed by atoms with van der Waals surface area (Å²) in [7, 11) is 1.64. The fourth-order valence-corrected chi connectivity index (χ4v) is 1.97. The molecule has 2 N–H and O–H groups in total. The van der Waals surface area contributed by atoms with Gasteiger partial charge in [-0.25, -0.2) is 0 Å². The first-order valence-corrected chi connectivity index (χ1v) is 6.74. The van der Waals surface area contributed by atoms with Gasteiger partial charge in [0.2, 0.25) is 5.91 Å². The van der Waals surface area contributed by atoms with Gasteiger partial charge in [-0.2, -0.15) is 0 Å². The quantitative estimate of drug-likeness (QED) is 0.796. The third kappa shape index (κ3) is 5.20. The van der Waals surface area contributed by atoms with Gasteiger partial charge in [0.1, 0.15) is 5.75 Å². The average Bonchev–Trinajstić information content (AvgIpc) is 2.37. The maximum Gasteiger partial charge on any atom is 0.239 e. The van der Waals surface area contributed by atoms with Crippen molar-refractivity contribution in [2.45, 2.75) is 39.7 Å². The van der Waals surface area contributed by atoms with Crippen LogP contribution in [-0.2, 0) is 4.79 Å². The molecular formula is C15H24N2O2. The highest BCUT2D eigenvalue weighted by molar-refractivity contribution is 5.81. The Balaban J connectivity index is 2.46. The summed E-state index contributed by atoms with van der Waals surface area (Å²) in [5.41, 5.74) is 2.02. The van der Waals surface area contributed by atoms with Crippen LogP contribution >= 0.6 is 0 Å². The lowest BCUT2D eigenvalue weighted by Gasteiger charge is -2.14. The SMILES string of the molecule is CCCC(C)NC(=O)CNc1ccc(OC)cc1C. The van der Waals surface area contributed by atoms with Crippen LogP contribution in [0.1, 0.15) is 32.3 Å². The molecule has 1 unspecified atom stereocenters. The van der Waals surface area contributed by atoms with E-state index in [2.05, 4.69) is 17.6 Å². The molecule has 4 nitrogen and oxygen atoms in total. The van der Waals surface area contributed by atoms with Crippen LogP contribution in [0, 0.1) is 6.92 Å². The standard InChI is InChI=1S/C15H24N2O2/c1-5-6-12(3)17-15(18)10-16-14-8-7-13(19-4)9-11(14)2/h7-9,12,16H,5-6,10H2,1-4H3,(H,17,18). The van der Waals surface area contributed by atoms with E-state index in [1.54, 1.807) is 7.11 Å². The van der Waals surface area contributed by atoms with Crippen molar-refractivity contribution in [3.05, 3.63) is 23.8 Å². The fourth-order valence-electron chi connectivity index (χ4n) is 1.97. The number of benzene rings is 1. The normalized spacial score (nSPS) is 11.8. The van der Waals surface area contributed by atoms with Crippen LogP contribution in [0.25, 0.3) is 0 Å². The molecule has 1 rings (SSSR count). The van der Waals surface area contributed by atoms with Gasteiger partial charge in [-0.15, -0.1) is 0 Å². The van der Waals surface area contributed by atoms with Crippen LogP contribution < -0.4 is 15.4 Å². The second kappa shape index (κ2) is 7.67. The van der Waals surface area contributed by atoms with Crippen LogP contribution in [0.2, 0.25) is 0 Å².